The molecule has 0 radical (unpaired) electrons. The molecule has 1 aliphatic heterocycles. The molecule has 0 spiro atoms. The van der Waals surface area contributed by atoms with E-state index in [4.69, 9.17) is 28.4 Å². The molecule has 0 amide bonds. The fraction of sp³-hybridized carbons (Fsp3) is 0.278. The van der Waals surface area contributed by atoms with Crippen molar-refractivity contribution >= 4 is 11.9 Å². The summed E-state index contributed by atoms with van der Waals surface area (Å²) >= 11 is 0. The zero-order chi connectivity index (χ0) is 30.6. The molecule has 228 valence electrons. The molecule has 44 heavy (non-hydrogen) atoms. The summed E-state index contributed by atoms with van der Waals surface area (Å²) < 4.78 is 36.8. The molecule has 1 aliphatic rings. The van der Waals surface area contributed by atoms with Gasteiger partial charge in [-0.05, 0) is 22.3 Å². The van der Waals surface area contributed by atoms with Gasteiger partial charge >= 0.3 is 11.9 Å². The van der Waals surface area contributed by atoms with E-state index in [0.29, 0.717) is 0 Å². The highest BCUT2D eigenvalue weighted by molar-refractivity contribution is 5.77. The van der Waals surface area contributed by atoms with Crippen molar-refractivity contribution in [2.75, 3.05) is 0 Å². The number of ether oxygens (including phenoxy) is 6. The molecule has 0 N–H and O–H groups in total. The first-order valence-electron chi connectivity index (χ1n) is 14.6. The molecule has 8 heteroatoms. The van der Waals surface area contributed by atoms with Crippen molar-refractivity contribution in [3.05, 3.63) is 144 Å². The van der Waals surface area contributed by atoms with Gasteiger partial charge < -0.3 is 28.4 Å². The van der Waals surface area contributed by atoms with E-state index in [9.17, 15) is 9.59 Å². The number of hydrogen-bond acceptors (Lipinski definition) is 8. The molecule has 0 bridgehead atoms. The van der Waals surface area contributed by atoms with Crippen LogP contribution in [0.5, 0.6) is 0 Å². The van der Waals surface area contributed by atoms with Gasteiger partial charge in [-0.2, -0.15) is 0 Å². The molecular formula is C36H36O8. The molecule has 1 heterocycles. The second kappa shape index (κ2) is 15.9. The Morgan fingerprint density at radius 3 is 1.41 bits per heavy atom. The maximum absolute atomic E-state index is 13.6. The monoisotopic (exact) mass is 596 g/mol. The maximum Gasteiger partial charge on any atom is 0.339 e. The molecule has 5 rings (SSSR count). The van der Waals surface area contributed by atoms with Crippen molar-refractivity contribution < 1.29 is 38.0 Å². The van der Waals surface area contributed by atoms with E-state index in [1.54, 1.807) is 0 Å². The largest absolute Gasteiger partial charge is 0.459 e. The third-order valence-electron chi connectivity index (χ3n) is 7.08. The predicted molar refractivity (Wildman–Crippen MR) is 162 cm³/mol. The number of hydrogen-bond donors (Lipinski definition) is 0. The number of carbonyl (C=O) groups excluding carboxylic acids is 2. The SMILES string of the molecule is CC(=O)O[C@H]1[C@H](OCc2ccccc2)[C@@H](OCc2ccccc2)C(OCc2ccccc2)O[C@@H]1C(=O)OCc1ccccc1. The van der Waals surface area contributed by atoms with Crippen LogP contribution in [0.1, 0.15) is 29.2 Å². The van der Waals surface area contributed by atoms with Crippen LogP contribution in [0.2, 0.25) is 0 Å². The Kier molecular flexibility index (Phi) is 11.3. The van der Waals surface area contributed by atoms with Crippen LogP contribution in [0.3, 0.4) is 0 Å². The highest BCUT2D eigenvalue weighted by atomic mass is 16.7. The summed E-state index contributed by atoms with van der Waals surface area (Å²) in [6.45, 7) is 1.86. The van der Waals surface area contributed by atoms with Crippen LogP contribution in [0.4, 0.5) is 0 Å². The summed E-state index contributed by atoms with van der Waals surface area (Å²) in [5, 5.41) is 0. The van der Waals surface area contributed by atoms with Crippen molar-refractivity contribution in [3.63, 3.8) is 0 Å². The summed E-state index contributed by atoms with van der Waals surface area (Å²) in [6, 6.07) is 38.1. The van der Waals surface area contributed by atoms with Gasteiger partial charge in [-0.3, -0.25) is 4.79 Å². The second-order valence-corrected chi connectivity index (χ2v) is 10.4. The number of carbonyl (C=O) groups is 2. The lowest BCUT2D eigenvalue weighted by Crippen LogP contribution is -2.63. The van der Waals surface area contributed by atoms with Crippen molar-refractivity contribution in [2.24, 2.45) is 0 Å². The van der Waals surface area contributed by atoms with E-state index in [2.05, 4.69) is 0 Å². The molecular weight excluding hydrogens is 560 g/mol. The molecule has 1 fully saturated rings. The van der Waals surface area contributed by atoms with E-state index in [1.807, 2.05) is 121 Å². The summed E-state index contributed by atoms with van der Waals surface area (Å²) in [5.41, 5.74) is 3.53. The lowest BCUT2D eigenvalue weighted by Gasteiger charge is -2.44. The molecule has 0 aliphatic carbocycles. The highest BCUT2D eigenvalue weighted by Crippen LogP contribution is 2.32. The van der Waals surface area contributed by atoms with Gasteiger partial charge in [0.25, 0.3) is 0 Å². The van der Waals surface area contributed by atoms with E-state index in [1.165, 1.54) is 6.92 Å². The molecule has 0 aromatic heterocycles. The minimum atomic E-state index is -1.33. The highest BCUT2D eigenvalue weighted by Gasteiger charge is 2.53. The van der Waals surface area contributed by atoms with Crippen LogP contribution in [0, 0.1) is 0 Å². The Balaban J connectivity index is 1.45. The molecule has 1 unspecified atom stereocenters. The van der Waals surface area contributed by atoms with Gasteiger partial charge in [0, 0.05) is 6.92 Å². The first-order valence-corrected chi connectivity index (χ1v) is 14.6. The summed E-state index contributed by atoms with van der Waals surface area (Å²) in [5.74, 6) is -1.30. The Morgan fingerprint density at radius 1 is 0.545 bits per heavy atom. The van der Waals surface area contributed by atoms with Crippen LogP contribution >= 0.6 is 0 Å². The third kappa shape index (κ3) is 8.84. The van der Waals surface area contributed by atoms with Crippen molar-refractivity contribution in [1.29, 1.82) is 0 Å². The van der Waals surface area contributed by atoms with Gasteiger partial charge in [-0.1, -0.05) is 121 Å². The number of rotatable bonds is 13. The van der Waals surface area contributed by atoms with Crippen LogP contribution in [0.15, 0.2) is 121 Å². The Labute approximate surface area is 257 Å². The van der Waals surface area contributed by atoms with E-state index >= 15 is 0 Å². The van der Waals surface area contributed by atoms with Gasteiger partial charge in [0.15, 0.2) is 18.5 Å². The minimum Gasteiger partial charge on any atom is -0.459 e. The van der Waals surface area contributed by atoms with E-state index in [-0.39, 0.29) is 26.4 Å². The number of benzene rings is 4. The van der Waals surface area contributed by atoms with Crippen LogP contribution < -0.4 is 0 Å². The molecule has 5 atom stereocenters. The minimum absolute atomic E-state index is 0.0192. The number of esters is 2. The van der Waals surface area contributed by atoms with Gasteiger partial charge in [-0.25, -0.2) is 4.79 Å². The second-order valence-electron chi connectivity index (χ2n) is 10.4. The summed E-state index contributed by atoms with van der Waals surface area (Å²) in [6.07, 6.45) is -5.37. The predicted octanol–water partition coefficient (Wildman–Crippen LogP) is 5.77. The molecule has 8 nitrogen and oxygen atoms in total. The van der Waals surface area contributed by atoms with Gasteiger partial charge in [0.2, 0.25) is 0 Å². The summed E-state index contributed by atoms with van der Waals surface area (Å²) in [7, 11) is 0. The van der Waals surface area contributed by atoms with Gasteiger partial charge in [0.05, 0.1) is 19.8 Å². The average Bonchev–Trinajstić information content (AvgIpc) is 3.06. The maximum atomic E-state index is 13.6. The average molecular weight is 597 g/mol. The Morgan fingerprint density at radius 2 is 0.955 bits per heavy atom. The van der Waals surface area contributed by atoms with Gasteiger partial charge in [0.1, 0.15) is 18.8 Å². The smallest absolute Gasteiger partial charge is 0.339 e. The van der Waals surface area contributed by atoms with Crippen molar-refractivity contribution in [3.8, 4) is 0 Å². The third-order valence-corrected chi connectivity index (χ3v) is 7.08. The zero-order valence-electron chi connectivity index (χ0n) is 24.5. The van der Waals surface area contributed by atoms with E-state index < -0.39 is 42.6 Å². The lowest BCUT2D eigenvalue weighted by atomic mass is 9.97. The Bertz CT molecular complexity index is 1430. The van der Waals surface area contributed by atoms with Crippen molar-refractivity contribution in [1.82, 2.24) is 0 Å². The lowest BCUT2D eigenvalue weighted by molar-refractivity contribution is -0.317. The van der Waals surface area contributed by atoms with Gasteiger partial charge in [-0.15, -0.1) is 0 Å². The molecule has 4 aromatic rings. The molecule has 4 aromatic carbocycles. The fourth-order valence-electron chi connectivity index (χ4n) is 4.92. The van der Waals surface area contributed by atoms with E-state index in [0.717, 1.165) is 22.3 Å². The first kappa shape index (κ1) is 31.1. The summed E-state index contributed by atoms with van der Waals surface area (Å²) in [4.78, 5) is 26.0. The molecule has 0 saturated carbocycles. The quantitative estimate of drug-likeness (QED) is 0.180. The van der Waals surface area contributed by atoms with Crippen molar-refractivity contribution in [2.45, 2.75) is 64.1 Å². The normalized spacial score (nSPS) is 21.3. The van der Waals surface area contributed by atoms with Crippen LogP contribution in [-0.2, 0) is 64.4 Å². The Hall–Kier alpha value is -4.34. The standard InChI is InChI=1S/C36H36O8/c1-26(37)43-32-31(39-22-27-14-6-2-7-15-27)34(40-23-28-16-8-3-9-17-28)36(42-25-30-20-12-5-13-21-30)44-33(32)35(38)41-24-29-18-10-4-11-19-29/h2-21,31-34,36H,22-25H2,1H3/t31-,32-,33-,34+,36?/m0/s1. The first-order chi connectivity index (χ1) is 21.6. The fourth-order valence-corrected chi connectivity index (χ4v) is 4.92. The zero-order valence-corrected chi connectivity index (χ0v) is 24.5. The van der Waals surface area contributed by atoms with Crippen LogP contribution in [-0.4, -0.2) is 42.6 Å². The van der Waals surface area contributed by atoms with Crippen LogP contribution in [0.25, 0.3) is 0 Å². The molecule has 1 saturated heterocycles. The topological polar surface area (TPSA) is 89.5 Å².